The summed E-state index contributed by atoms with van der Waals surface area (Å²) in [6.45, 7) is 1.62. The molecule has 2 N–H and O–H groups in total. The number of ether oxygens (including phenoxy) is 1. The van der Waals surface area contributed by atoms with E-state index in [2.05, 4.69) is 4.90 Å². The van der Waals surface area contributed by atoms with Gasteiger partial charge in [-0.25, -0.2) is 9.97 Å². The number of hydrogen-bond donors (Lipinski definition) is 1. The van der Waals surface area contributed by atoms with Crippen molar-refractivity contribution in [3.63, 3.8) is 0 Å². The van der Waals surface area contributed by atoms with E-state index >= 15 is 0 Å². The zero-order chi connectivity index (χ0) is 17.2. The molecule has 1 unspecified atom stereocenters. The molecule has 4 rings (SSSR count). The Kier molecular flexibility index (Phi) is 5.44. The Hall–Kier alpha value is -2.57. The second-order valence-electron chi connectivity index (χ2n) is 6.14. The van der Waals surface area contributed by atoms with Gasteiger partial charge in [0.05, 0.1) is 19.1 Å². The highest BCUT2D eigenvalue weighted by molar-refractivity contribution is 5.85. The Morgan fingerprint density at radius 3 is 2.69 bits per heavy atom. The molecule has 1 atom stereocenters. The summed E-state index contributed by atoms with van der Waals surface area (Å²) in [5, 5.41) is 0. The number of rotatable bonds is 4. The van der Waals surface area contributed by atoms with Crippen LogP contribution in [0.2, 0.25) is 0 Å². The third-order valence-corrected chi connectivity index (χ3v) is 4.36. The van der Waals surface area contributed by atoms with Crippen LogP contribution in [0, 0.1) is 0 Å². The predicted molar refractivity (Wildman–Crippen MR) is 104 cm³/mol. The smallest absolute Gasteiger partial charge is 0.226 e. The Bertz CT molecular complexity index is 870. The van der Waals surface area contributed by atoms with Crippen LogP contribution in [-0.4, -0.2) is 36.2 Å². The lowest BCUT2D eigenvalue weighted by molar-refractivity contribution is 0.415. The summed E-state index contributed by atoms with van der Waals surface area (Å²) in [6, 6.07) is 13.7. The Morgan fingerprint density at radius 2 is 2.00 bits per heavy atom. The standard InChI is InChI=1S/C19H20N4O2.ClH/c1-24-15-5-2-4-13(10-15)16-11-17(18-6-3-9-25-18)22-19(21-16)23-8-7-14(20)12-23;/h2-6,9-11,14H,7-8,12,20H2,1H3;1H. The van der Waals surface area contributed by atoms with Crippen molar-refractivity contribution in [2.75, 3.05) is 25.1 Å². The summed E-state index contributed by atoms with van der Waals surface area (Å²) in [5.41, 5.74) is 8.61. The van der Waals surface area contributed by atoms with E-state index in [0.29, 0.717) is 5.95 Å². The molecule has 2 aromatic heterocycles. The van der Waals surface area contributed by atoms with Crippen LogP contribution in [-0.2, 0) is 0 Å². The SMILES string of the molecule is COc1cccc(-c2cc(-c3ccco3)nc(N3CCC(N)C3)n2)c1.Cl. The molecule has 6 nitrogen and oxygen atoms in total. The summed E-state index contributed by atoms with van der Waals surface area (Å²) in [4.78, 5) is 11.6. The van der Waals surface area contributed by atoms with Crippen molar-refractivity contribution in [2.24, 2.45) is 5.73 Å². The minimum atomic E-state index is 0. The summed E-state index contributed by atoms with van der Waals surface area (Å²) >= 11 is 0. The molecule has 0 aliphatic carbocycles. The van der Waals surface area contributed by atoms with Crippen LogP contribution in [0.25, 0.3) is 22.7 Å². The molecule has 0 radical (unpaired) electrons. The number of nitrogens with two attached hydrogens (primary N) is 1. The lowest BCUT2D eigenvalue weighted by Gasteiger charge is -2.17. The van der Waals surface area contributed by atoms with Gasteiger partial charge in [0.1, 0.15) is 11.4 Å². The van der Waals surface area contributed by atoms with Gasteiger partial charge in [0.25, 0.3) is 0 Å². The Labute approximate surface area is 158 Å². The molecule has 3 heterocycles. The minimum absolute atomic E-state index is 0. The van der Waals surface area contributed by atoms with Crippen molar-refractivity contribution in [3.05, 3.63) is 48.7 Å². The van der Waals surface area contributed by atoms with E-state index < -0.39 is 0 Å². The maximum Gasteiger partial charge on any atom is 0.226 e. The van der Waals surface area contributed by atoms with Gasteiger partial charge in [0, 0.05) is 24.7 Å². The van der Waals surface area contributed by atoms with Crippen LogP contribution in [0.1, 0.15) is 6.42 Å². The maximum absolute atomic E-state index is 6.05. The van der Waals surface area contributed by atoms with Crippen molar-refractivity contribution >= 4 is 18.4 Å². The normalized spacial score (nSPS) is 16.4. The van der Waals surface area contributed by atoms with Crippen LogP contribution < -0.4 is 15.4 Å². The minimum Gasteiger partial charge on any atom is -0.497 e. The zero-order valence-corrected chi connectivity index (χ0v) is 15.3. The van der Waals surface area contributed by atoms with Gasteiger partial charge in [-0.3, -0.25) is 0 Å². The lowest BCUT2D eigenvalue weighted by Crippen LogP contribution is -2.27. The number of hydrogen-bond acceptors (Lipinski definition) is 6. The highest BCUT2D eigenvalue weighted by Gasteiger charge is 2.23. The molecular weight excluding hydrogens is 352 g/mol. The summed E-state index contributed by atoms with van der Waals surface area (Å²) in [6.07, 6.45) is 2.59. The number of halogens is 1. The number of furan rings is 1. The molecule has 1 aliphatic rings. The summed E-state index contributed by atoms with van der Waals surface area (Å²) in [5.74, 6) is 2.19. The maximum atomic E-state index is 6.05. The number of nitrogens with zero attached hydrogens (tertiary/aromatic N) is 3. The molecule has 7 heteroatoms. The van der Waals surface area contributed by atoms with Crippen LogP contribution >= 0.6 is 12.4 Å². The van der Waals surface area contributed by atoms with E-state index in [1.807, 2.05) is 42.5 Å². The second-order valence-corrected chi connectivity index (χ2v) is 6.14. The molecule has 136 valence electrons. The van der Waals surface area contributed by atoms with Crippen LogP contribution in [0.3, 0.4) is 0 Å². The zero-order valence-electron chi connectivity index (χ0n) is 14.5. The Morgan fingerprint density at radius 1 is 1.15 bits per heavy atom. The van der Waals surface area contributed by atoms with E-state index in [9.17, 15) is 0 Å². The van der Waals surface area contributed by atoms with E-state index in [1.165, 1.54) is 0 Å². The first-order chi connectivity index (χ1) is 12.2. The average molecular weight is 373 g/mol. The molecule has 0 spiro atoms. The molecule has 0 saturated carbocycles. The molecule has 3 aromatic rings. The van der Waals surface area contributed by atoms with Crippen molar-refractivity contribution < 1.29 is 9.15 Å². The third kappa shape index (κ3) is 3.66. The van der Waals surface area contributed by atoms with Crippen LogP contribution in [0.15, 0.2) is 53.1 Å². The van der Waals surface area contributed by atoms with E-state index in [4.69, 9.17) is 24.9 Å². The predicted octanol–water partition coefficient (Wildman–Crippen LogP) is 3.37. The Balaban J connectivity index is 0.00000196. The van der Waals surface area contributed by atoms with Gasteiger partial charge in [-0.15, -0.1) is 12.4 Å². The average Bonchev–Trinajstić information content (AvgIpc) is 3.33. The van der Waals surface area contributed by atoms with Crippen LogP contribution in [0.5, 0.6) is 5.75 Å². The topological polar surface area (TPSA) is 77.4 Å². The van der Waals surface area contributed by atoms with E-state index in [1.54, 1.807) is 13.4 Å². The molecule has 26 heavy (non-hydrogen) atoms. The largest absolute Gasteiger partial charge is 0.497 e. The summed E-state index contributed by atoms with van der Waals surface area (Å²) in [7, 11) is 1.66. The third-order valence-electron chi connectivity index (χ3n) is 4.36. The molecule has 1 aliphatic heterocycles. The lowest BCUT2D eigenvalue weighted by atomic mass is 10.1. The quantitative estimate of drug-likeness (QED) is 0.756. The molecule has 1 fully saturated rings. The number of anilines is 1. The first kappa shape index (κ1) is 18.2. The second kappa shape index (κ2) is 7.76. The summed E-state index contributed by atoms with van der Waals surface area (Å²) < 4.78 is 10.9. The van der Waals surface area contributed by atoms with Gasteiger partial charge >= 0.3 is 0 Å². The van der Waals surface area contributed by atoms with Gasteiger partial charge in [-0.1, -0.05) is 12.1 Å². The van der Waals surface area contributed by atoms with Crippen molar-refractivity contribution in [1.29, 1.82) is 0 Å². The van der Waals surface area contributed by atoms with Crippen molar-refractivity contribution in [2.45, 2.75) is 12.5 Å². The molecule has 1 aromatic carbocycles. The fourth-order valence-corrected chi connectivity index (χ4v) is 3.03. The van der Waals surface area contributed by atoms with Gasteiger partial charge < -0.3 is 19.8 Å². The first-order valence-corrected chi connectivity index (χ1v) is 8.31. The highest BCUT2D eigenvalue weighted by Crippen LogP contribution is 2.29. The first-order valence-electron chi connectivity index (χ1n) is 8.31. The molecular formula is C19H21ClN4O2. The van der Waals surface area contributed by atoms with E-state index in [-0.39, 0.29) is 18.4 Å². The number of benzene rings is 1. The molecule has 0 bridgehead atoms. The van der Waals surface area contributed by atoms with Gasteiger partial charge in [0.15, 0.2) is 5.76 Å². The van der Waals surface area contributed by atoms with Gasteiger partial charge in [-0.05, 0) is 36.8 Å². The van der Waals surface area contributed by atoms with Gasteiger partial charge in [-0.2, -0.15) is 0 Å². The number of aromatic nitrogens is 2. The molecule has 1 saturated heterocycles. The monoisotopic (exact) mass is 372 g/mol. The van der Waals surface area contributed by atoms with Crippen molar-refractivity contribution in [3.8, 4) is 28.5 Å². The van der Waals surface area contributed by atoms with E-state index in [0.717, 1.165) is 48.0 Å². The highest BCUT2D eigenvalue weighted by atomic mass is 35.5. The van der Waals surface area contributed by atoms with Gasteiger partial charge in [0.2, 0.25) is 5.95 Å². The number of methoxy groups -OCH3 is 1. The van der Waals surface area contributed by atoms with Crippen molar-refractivity contribution in [1.82, 2.24) is 9.97 Å². The fraction of sp³-hybridized carbons (Fsp3) is 0.263. The fourth-order valence-electron chi connectivity index (χ4n) is 3.03. The van der Waals surface area contributed by atoms with Crippen LogP contribution in [0.4, 0.5) is 5.95 Å². The molecule has 0 amide bonds.